The van der Waals surface area contributed by atoms with Gasteiger partial charge in [0.2, 0.25) is 5.90 Å². The zero-order chi connectivity index (χ0) is 10.7. The lowest BCUT2D eigenvalue weighted by Crippen LogP contribution is -2.23. The lowest BCUT2D eigenvalue weighted by molar-refractivity contribution is 0.184. The van der Waals surface area contributed by atoms with Crippen molar-refractivity contribution in [2.24, 2.45) is 4.99 Å². The van der Waals surface area contributed by atoms with E-state index in [0.29, 0.717) is 5.90 Å². The monoisotopic (exact) mass is 203 g/mol. The van der Waals surface area contributed by atoms with Crippen LogP contribution in [0, 0.1) is 0 Å². The lowest BCUT2D eigenvalue weighted by Gasteiger charge is -2.10. The predicted molar refractivity (Wildman–Crippen MR) is 58.9 cm³/mol. The second-order valence-corrected chi connectivity index (χ2v) is 3.37. The summed E-state index contributed by atoms with van der Waals surface area (Å²) in [4.78, 5) is 4.30. The summed E-state index contributed by atoms with van der Waals surface area (Å²) in [5, 5.41) is 9.10. The Bertz CT molecular complexity index is 372. The van der Waals surface area contributed by atoms with E-state index in [9.17, 15) is 0 Å². The molecule has 0 bridgehead atoms. The minimum atomic E-state index is -0.224. The number of aliphatic hydroxyl groups is 1. The van der Waals surface area contributed by atoms with E-state index in [0.717, 1.165) is 5.56 Å². The van der Waals surface area contributed by atoms with Crippen molar-refractivity contribution >= 4 is 5.90 Å². The molecule has 1 N–H and O–H groups in total. The van der Waals surface area contributed by atoms with Crippen LogP contribution < -0.4 is 0 Å². The van der Waals surface area contributed by atoms with Gasteiger partial charge in [0.25, 0.3) is 0 Å². The summed E-state index contributed by atoms with van der Waals surface area (Å²) in [7, 11) is 0. The van der Waals surface area contributed by atoms with E-state index in [2.05, 4.69) is 11.6 Å². The van der Waals surface area contributed by atoms with Gasteiger partial charge in [0.05, 0.1) is 6.61 Å². The molecule has 15 heavy (non-hydrogen) atoms. The minimum absolute atomic E-state index is 0.0208. The van der Waals surface area contributed by atoms with E-state index in [4.69, 9.17) is 9.84 Å². The Kier molecular flexibility index (Phi) is 2.83. The Balaban J connectivity index is 2.23. The molecule has 0 spiro atoms. The molecule has 0 aliphatic carbocycles. The number of nitrogens with zero attached hydrogens (tertiary/aromatic N) is 1. The highest BCUT2D eigenvalue weighted by Gasteiger charge is 2.28. The quantitative estimate of drug-likeness (QED) is 0.754. The molecule has 0 unspecified atom stereocenters. The molecular formula is C12H13NO2. The molecule has 78 valence electrons. The zero-order valence-electron chi connectivity index (χ0n) is 8.34. The SMILES string of the molecule is C=C[C@@H]1OC(c2ccccc2)=N[C@H]1CO. The fraction of sp³-hybridized carbons (Fsp3) is 0.250. The van der Waals surface area contributed by atoms with Gasteiger partial charge in [0.15, 0.2) is 0 Å². The van der Waals surface area contributed by atoms with Crippen LogP contribution >= 0.6 is 0 Å². The molecule has 0 fully saturated rings. The van der Waals surface area contributed by atoms with Crippen LogP contribution in [0.1, 0.15) is 5.56 Å². The third-order valence-electron chi connectivity index (χ3n) is 2.35. The topological polar surface area (TPSA) is 41.8 Å². The Morgan fingerprint density at radius 2 is 2.13 bits per heavy atom. The highest BCUT2D eigenvalue weighted by Crippen LogP contribution is 2.18. The van der Waals surface area contributed by atoms with E-state index in [-0.39, 0.29) is 18.8 Å². The van der Waals surface area contributed by atoms with Gasteiger partial charge in [-0.2, -0.15) is 0 Å². The second kappa shape index (κ2) is 4.28. The predicted octanol–water partition coefficient (Wildman–Crippen LogP) is 1.38. The number of aliphatic imine (C=N–C) groups is 1. The van der Waals surface area contributed by atoms with Crippen LogP contribution in [0.2, 0.25) is 0 Å². The number of rotatable bonds is 3. The van der Waals surface area contributed by atoms with Gasteiger partial charge in [-0.1, -0.05) is 24.8 Å². The number of hydrogen-bond acceptors (Lipinski definition) is 3. The van der Waals surface area contributed by atoms with Crippen molar-refractivity contribution in [3.05, 3.63) is 48.6 Å². The Labute approximate surface area is 88.7 Å². The van der Waals surface area contributed by atoms with Crippen LogP contribution in [0.4, 0.5) is 0 Å². The van der Waals surface area contributed by atoms with Gasteiger partial charge in [-0.05, 0) is 18.2 Å². The van der Waals surface area contributed by atoms with Crippen molar-refractivity contribution < 1.29 is 9.84 Å². The third kappa shape index (κ3) is 1.92. The first-order valence-electron chi connectivity index (χ1n) is 4.88. The van der Waals surface area contributed by atoms with E-state index in [1.165, 1.54) is 0 Å². The van der Waals surface area contributed by atoms with E-state index in [1.54, 1.807) is 6.08 Å². The van der Waals surface area contributed by atoms with Crippen molar-refractivity contribution in [2.75, 3.05) is 6.61 Å². The molecule has 2 rings (SSSR count). The van der Waals surface area contributed by atoms with Crippen LogP contribution in [-0.4, -0.2) is 29.8 Å². The largest absolute Gasteiger partial charge is 0.468 e. The zero-order valence-corrected chi connectivity index (χ0v) is 8.34. The summed E-state index contributed by atoms with van der Waals surface area (Å²) in [6, 6.07) is 9.43. The first kappa shape index (κ1) is 9.93. The molecule has 2 atom stereocenters. The van der Waals surface area contributed by atoms with Gasteiger partial charge in [-0.25, -0.2) is 4.99 Å². The number of ether oxygens (including phenoxy) is 1. The molecule has 0 radical (unpaired) electrons. The van der Waals surface area contributed by atoms with E-state index < -0.39 is 0 Å². The normalized spacial score (nSPS) is 24.5. The Morgan fingerprint density at radius 3 is 2.67 bits per heavy atom. The maximum atomic E-state index is 9.10. The van der Waals surface area contributed by atoms with Gasteiger partial charge in [-0.15, -0.1) is 0 Å². The minimum Gasteiger partial charge on any atom is -0.468 e. The van der Waals surface area contributed by atoms with Crippen LogP contribution in [0.25, 0.3) is 0 Å². The molecule has 3 heteroatoms. The van der Waals surface area contributed by atoms with Crippen LogP contribution in [0.15, 0.2) is 48.0 Å². The van der Waals surface area contributed by atoms with Gasteiger partial charge in [0, 0.05) is 5.56 Å². The molecule has 1 aliphatic rings. The standard InChI is InChI=1S/C12H13NO2/c1-2-11-10(8-14)13-12(15-11)9-6-4-3-5-7-9/h2-7,10-11,14H,1,8H2/t10-,11-/m0/s1. The van der Waals surface area contributed by atoms with Gasteiger partial charge in [-0.3, -0.25) is 0 Å². The molecule has 3 nitrogen and oxygen atoms in total. The maximum Gasteiger partial charge on any atom is 0.217 e. The summed E-state index contributed by atoms with van der Waals surface area (Å²) < 4.78 is 5.57. The summed E-state index contributed by atoms with van der Waals surface area (Å²) in [5.41, 5.74) is 0.931. The van der Waals surface area contributed by atoms with Gasteiger partial charge in [0.1, 0.15) is 12.1 Å². The Hall–Kier alpha value is -1.61. The van der Waals surface area contributed by atoms with Crippen molar-refractivity contribution in [3.63, 3.8) is 0 Å². The van der Waals surface area contributed by atoms with Crippen molar-refractivity contribution in [1.29, 1.82) is 0 Å². The second-order valence-electron chi connectivity index (χ2n) is 3.37. The number of hydrogen-bond donors (Lipinski definition) is 1. The van der Waals surface area contributed by atoms with Crippen molar-refractivity contribution in [1.82, 2.24) is 0 Å². The van der Waals surface area contributed by atoms with Crippen LogP contribution in [0.5, 0.6) is 0 Å². The molecule has 1 heterocycles. The molecule has 1 aromatic carbocycles. The summed E-state index contributed by atoms with van der Waals surface area (Å²) in [6.45, 7) is 3.64. The summed E-state index contributed by atoms with van der Waals surface area (Å²) in [6.07, 6.45) is 1.45. The van der Waals surface area contributed by atoms with Crippen LogP contribution in [-0.2, 0) is 4.74 Å². The van der Waals surface area contributed by atoms with Gasteiger partial charge < -0.3 is 9.84 Å². The first-order valence-corrected chi connectivity index (χ1v) is 4.88. The third-order valence-corrected chi connectivity index (χ3v) is 2.35. The van der Waals surface area contributed by atoms with E-state index in [1.807, 2.05) is 30.3 Å². The smallest absolute Gasteiger partial charge is 0.217 e. The number of aliphatic hydroxyl groups excluding tert-OH is 1. The number of benzene rings is 1. The molecule has 1 aromatic rings. The molecule has 0 aromatic heterocycles. The lowest BCUT2D eigenvalue weighted by atomic mass is 10.2. The molecular weight excluding hydrogens is 190 g/mol. The summed E-state index contributed by atoms with van der Waals surface area (Å²) >= 11 is 0. The average Bonchev–Trinajstić information content (AvgIpc) is 2.73. The average molecular weight is 203 g/mol. The molecule has 0 amide bonds. The molecule has 0 saturated heterocycles. The summed E-state index contributed by atoms with van der Waals surface area (Å²) in [5.74, 6) is 0.583. The first-order chi connectivity index (χ1) is 7.35. The van der Waals surface area contributed by atoms with Crippen molar-refractivity contribution in [3.8, 4) is 0 Å². The molecule has 0 saturated carbocycles. The molecule has 1 aliphatic heterocycles. The van der Waals surface area contributed by atoms with Gasteiger partial charge >= 0.3 is 0 Å². The highest BCUT2D eigenvalue weighted by atomic mass is 16.5. The van der Waals surface area contributed by atoms with Crippen molar-refractivity contribution in [2.45, 2.75) is 12.1 Å². The van der Waals surface area contributed by atoms with Crippen LogP contribution in [0.3, 0.4) is 0 Å². The Morgan fingerprint density at radius 1 is 1.40 bits per heavy atom. The van der Waals surface area contributed by atoms with E-state index >= 15 is 0 Å². The fourth-order valence-corrected chi connectivity index (χ4v) is 1.54. The maximum absolute atomic E-state index is 9.10. The highest BCUT2D eigenvalue weighted by molar-refractivity contribution is 5.95. The fourth-order valence-electron chi connectivity index (χ4n) is 1.54.